The van der Waals surface area contributed by atoms with Gasteiger partial charge in [-0.15, -0.1) is 0 Å². The van der Waals surface area contributed by atoms with E-state index in [9.17, 15) is 5.26 Å². The second-order valence-electron chi connectivity index (χ2n) is 6.31. The van der Waals surface area contributed by atoms with Gasteiger partial charge in [0.05, 0.1) is 6.07 Å². The Bertz CT molecular complexity index is 305. The monoisotopic (exact) mass is 235 g/mol. The van der Waals surface area contributed by atoms with E-state index in [0.29, 0.717) is 12.1 Å². The molecule has 3 heteroatoms. The van der Waals surface area contributed by atoms with Crippen LogP contribution in [-0.4, -0.2) is 35.6 Å². The maximum atomic E-state index is 9.39. The Morgan fingerprint density at radius 3 is 2.59 bits per heavy atom. The average molecular weight is 235 g/mol. The van der Waals surface area contributed by atoms with Gasteiger partial charge in [-0.1, -0.05) is 6.92 Å². The second kappa shape index (κ2) is 4.96. The van der Waals surface area contributed by atoms with Crippen LogP contribution in [0.3, 0.4) is 0 Å². The lowest BCUT2D eigenvalue weighted by atomic mass is 9.91. The van der Waals surface area contributed by atoms with E-state index in [0.717, 1.165) is 19.0 Å². The summed E-state index contributed by atoms with van der Waals surface area (Å²) in [7, 11) is 0. The first kappa shape index (κ1) is 12.9. The van der Waals surface area contributed by atoms with Crippen LogP contribution in [0.1, 0.15) is 46.5 Å². The molecule has 2 fully saturated rings. The van der Waals surface area contributed by atoms with Crippen molar-refractivity contribution >= 4 is 0 Å². The SMILES string of the molecule is CC1CCN(CC(C)(C#N)NC2CC2)C(C)C1. The van der Waals surface area contributed by atoms with E-state index >= 15 is 0 Å². The van der Waals surface area contributed by atoms with E-state index in [1.807, 2.05) is 0 Å². The van der Waals surface area contributed by atoms with Crippen molar-refractivity contribution in [2.75, 3.05) is 13.1 Å². The fourth-order valence-corrected chi connectivity index (χ4v) is 2.89. The summed E-state index contributed by atoms with van der Waals surface area (Å²) in [6.07, 6.45) is 5.02. The van der Waals surface area contributed by atoms with Gasteiger partial charge in [-0.05, 0) is 52.0 Å². The third kappa shape index (κ3) is 3.43. The first-order chi connectivity index (χ1) is 8.02. The van der Waals surface area contributed by atoms with Crippen LogP contribution in [0, 0.1) is 17.2 Å². The van der Waals surface area contributed by atoms with Gasteiger partial charge in [-0.3, -0.25) is 10.2 Å². The molecule has 0 spiro atoms. The summed E-state index contributed by atoms with van der Waals surface area (Å²) >= 11 is 0. The van der Waals surface area contributed by atoms with Crippen LogP contribution in [-0.2, 0) is 0 Å². The van der Waals surface area contributed by atoms with E-state index in [4.69, 9.17) is 0 Å². The topological polar surface area (TPSA) is 39.1 Å². The predicted molar refractivity (Wildman–Crippen MR) is 69.6 cm³/mol. The molecular formula is C14H25N3. The number of piperidine rings is 1. The van der Waals surface area contributed by atoms with Crippen molar-refractivity contribution in [3.05, 3.63) is 0 Å². The van der Waals surface area contributed by atoms with Crippen LogP contribution >= 0.6 is 0 Å². The van der Waals surface area contributed by atoms with Gasteiger partial charge in [-0.2, -0.15) is 5.26 Å². The van der Waals surface area contributed by atoms with E-state index < -0.39 is 0 Å². The summed E-state index contributed by atoms with van der Waals surface area (Å²) in [6, 6.07) is 3.69. The van der Waals surface area contributed by atoms with Crippen molar-refractivity contribution in [2.45, 2.75) is 64.1 Å². The standard InChI is InChI=1S/C14H25N3/c1-11-6-7-17(12(2)8-11)10-14(3,9-15)16-13-4-5-13/h11-13,16H,4-8,10H2,1-3H3. The minimum absolute atomic E-state index is 0.365. The Balaban J connectivity index is 1.91. The Kier molecular flexibility index (Phi) is 3.75. The zero-order valence-corrected chi connectivity index (χ0v) is 11.4. The molecule has 0 aromatic heterocycles. The molecular weight excluding hydrogens is 210 g/mol. The van der Waals surface area contributed by atoms with Gasteiger partial charge < -0.3 is 0 Å². The zero-order chi connectivity index (χ0) is 12.5. The lowest BCUT2D eigenvalue weighted by Crippen LogP contribution is -2.54. The fourth-order valence-electron chi connectivity index (χ4n) is 2.89. The highest BCUT2D eigenvalue weighted by Crippen LogP contribution is 2.26. The van der Waals surface area contributed by atoms with Crippen LogP contribution < -0.4 is 5.32 Å². The quantitative estimate of drug-likeness (QED) is 0.811. The molecule has 17 heavy (non-hydrogen) atoms. The van der Waals surface area contributed by atoms with Crippen LogP contribution in [0.25, 0.3) is 0 Å². The number of nitriles is 1. The van der Waals surface area contributed by atoms with E-state index in [1.54, 1.807) is 0 Å². The largest absolute Gasteiger partial charge is 0.298 e. The highest BCUT2D eigenvalue weighted by Gasteiger charge is 2.36. The lowest BCUT2D eigenvalue weighted by molar-refractivity contribution is 0.106. The summed E-state index contributed by atoms with van der Waals surface area (Å²) in [5.74, 6) is 0.839. The molecule has 2 aliphatic rings. The minimum atomic E-state index is -0.365. The zero-order valence-electron chi connectivity index (χ0n) is 11.4. The van der Waals surface area contributed by atoms with Gasteiger partial charge >= 0.3 is 0 Å². The molecule has 1 saturated heterocycles. The molecule has 0 amide bonds. The van der Waals surface area contributed by atoms with Gasteiger partial charge in [-0.25, -0.2) is 0 Å². The Hall–Kier alpha value is -0.590. The van der Waals surface area contributed by atoms with Gasteiger partial charge in [0.2, 0.25) is 0 Å². The van der Waals surface area contributed by atoms with Crippen molar-refractivity contribution in [1.29, 1.82) is 5.26 Å². The molecule has 1 aliphatic heterocycles. The molecule has 3 unspecified atom stereocenters. The fraction of sp³-hybridized carbons (Fsp3) is 0.929. The van der Waals surface area contributed by atoms with Crippen molar-refractivity contribution in [1.82, 2.24) is 10.2 Å². The number of hydrogen-bond acceptors (Lipinski definition) is 3. The van der Waals surface area contributed by atoms with Crippen molar-refractivity contribution < 1.29 is 0 Å². The molecule has 1 aliphatic carbocycles. The third-order valence-electron chi connectivity index (χ3n) is 4.14. The van der Waals surface area contributed by atoms with Crippen LogP contribution in [0.15, 0.2) is 0 Å². The summed E-state index contributed by atoms with van der Waals surface area (Å²) in [5.41, 5.74) is -0.365. The smallest absolute Gasteiger partial charge is 0.116 e. The summed E-state index contributed by atoms with van der Waals surface area (Å²) in [4.78, 5) is 2.48. The van der Waals surface area contributed by atoms with Crippen molar-refractivity contribution in [2.24, 2.45) is 5.92 Å². The molecule has 1 N–H and O–H groups in total. The number of nitrogens with one attached hydrogen (secondary N) is 1. The minimum Gasteiger partial charge on any atom is -0.298 e. The molecule has 0 aromatic rings. The van der Waals surface area contributed by atoms with Gasteiger partial charge in [0.25, 0.3) is 0 Å². The first-order valence-electron chi connectivity index (χ1n) is 6.95. The van der Waals surface area contributed by atoms with Gasteiger partial charge in [0.1, 0.15) is 5.54 Å². The molecule has 3 nitrogen and oxygen atoms in total. The van der Waals surface area contributed by atoms with E-state index in [-0.39, 0.29) is 5.54 Å². The molecule has 1 saturated carbocycles. The molecule has 3 atom stereocenters. The predicted octanol–water partition coefficient (Wildman–Crippen LogP) is 2.14. The number of hydrogen-bond donors (Lipinski definition) is 1. The maximum absolute atomic E-state index is 9.39. The average Bonchev–Trinajstić information content (AvgIpc) is 3.06. The highest BCUT2D eigenvalue weighted by atomic mass is 15.2. The maximum Gasteiger partial charge on any atom is 0.116 e. The van der Waals surface area contributed by atoms with Crippen LogP contribution in [0.4, 0.5) is 0 Å². The molecule has 0 aromatic carbocycles. The Labute approximate surface area is 105 Å². The Morgan fingerprint density at radius 2 is 2.06 bits per heavy atom. The summed E-state index contributed by atoms with van der Waals surface area (Å²) in [6.45, 7) is 8.69. The van der Waals surface area contributed by atoms with E-state index in [2.05, 4.69) is 37.1 Å². The Morgan fingerprint density at radius 1 is 1.35 bits per heavy atom. The van der Waals surface area contributed by atoms with Crippen LogP contribution in [0.2, 0.25) is 0 Å². The van der Waals surface area contributed by atoms with Crippen LogP contribution in [0.5, 0.6) is 0 Å². The first-order valence-corrected chi connectivity index (χ1v) is 6.95. The molecule has 0 bridgehead atoms. The second-order valence-corrected chi connectivity index (χ2v) is 6.31. The molecule has 0 radical (unpaired) electrons. The lowest BCUT2D eigenvalue weighted by Gasteiger charge is -2.40. The molecule has 96 valence electrons. The highest BCUT2D eigenvalue weighted by molar-refractivity contribution is 5.09. The summed E-state index contributed by atoms with van der Waals surface area (Å²) in [5, 5.41) is 12.9. The molecule has 2 rings (SSSR count). The molecule has 1 heterocycles. The van der Waals surface area contributed by atoms with Gasteiger partial charge in [0, 0.05) is 18.6 Å². The normalized spacial score (nSPS) is 34.0. The van der Waals surface area contributed by atoms with Crippen molar-refractivity contribution in [3.63, 3.8) is 0 Å². The summed E-state index contributed by atoms with van der Waals surface area (Å²) < 4.78 is 0. The van der Waals surface area contributed by atoms with E-state index in [1.165, 1.54) is 25.7 Å². The number of rotatable bonds is 4. The third-order valence-corrected chi connectivity index (χ3v) is 4.14. The van der Waals surface area contributed by atoms with Crippen molar-refractivity contribution in [3.8, 4) is 6.07 Å². The number of likely N-dealkylation sites (tertiary alicyclic amines) is 1. The van der Waals surface area contributed by atoms with Gasteiger partial charge in [0.15, 0.2) is 0 Å². The number of nitrogens with zero attached hydrogens (tertiary/aromatic N) is 2.